The fraction of sp³-hybridized carbons (Fsp3) is 0.500. The molecule has 100 valence electrons. The Morgan fingerprint density at radius 3 is 2.83 bits per heavy atom. The quantitative estimate of drug-likeness (QED) is 0.792. The van der Waals surface area contributed by atoms with E-state index in [1.165, 1.54) is 6.07 Å². The van der Waals surface area contributed by atoms with Gasteiger partial charge in [0.05, 0.1) is 6.10 Å². The summed E-state index contributed by atoms with van der Waals surface area (Å²) in [6.45, 7) is 1.08. The van der Waals surface area contributed by atoms with E-state index in [-0.39, 0.29) is 11.9 Å². The number of nitrogens with two attached hydrogens (primary N) is 1. The molecule has 1 aliphatic rings. The number of carbonyl (C=O) groups is 1. The summed E-state index contributed by atoms with van der Waals surface area (Å²) < 4.78 is 32.1. The van der Waals surface area contributed by atoms with Gasteiger partial charge in [0.2, 0.25) is 5.09 Å². The first-order chi connectivity index (χ1) is 8.47. The first-order valence-corrected chi connectivity index (χ1v) is 7.04. The molecule has 18 heavy (non-hydrogen) atoms. The van der Waals surface area contributed by atoms with Crippen molar-refractivity contribution >= 4 is 15.9 Å². The van der Waals surface area contributed by atoms with Crippen LogP contribution in [0.4, 0.5) is 0 Å². The van der Waals surface area contributed by atoms with Gasteiger partial charge in [-0.15, -0.1) is 0 Å². The van der Waals surface area contributed by atoms with Crippen molar-refractivity contribution in [2.45, 2.75) is 24.0 Å². The van der Waals surface area contributed by atoms with Gasteiger partial charge >= 0.3 is 0 Å². The molecule has 2 heterocycles. The molecule has 2 rings (SSSR count). The lowest BCUT2D eigenvalue weighted by molar-refractivity contribution is 0.0831. The van der Waals surface area contributed by atoms with E-state index in [0.717, 1.165) is 18.9 Å². The van der Waals surface area contributed by atoms with Crippen molar-refractivity contribution in [3.63, 3.8) is 0 Å². The van der Waals surface area contributed by atoms with Gasteiger partial charge in [-0.1, -0.05) is 0 Å². The molecule has 1 amide bonds. The highest BCUT2D eigenvalue weighted by atomic mass is 32.2. The summed E-state index contributed by atoms with van der Waals surface area (Å²) in [5.74, 6) is -0.572. The van der Waals surface area contributed by atoms with E-state index in [1.54, 1.807) is 0 Å². The maximum Gasteiger partial charge on any atom is 0.287 e. The van der Waals surface area contributed by atoms with Crippen LogP contribution in [0, 0.1) is 0 Å². The van der Waals surface area contributed by atoms with Crippen molar-refractivity contribution in [3.05, 3.63) is 17.9 Å². The minimum atomic E-state index is -3.92. The summed E-state index contributed by atoms with van der Waals surface area (Å²) in [5, 5.41) is 7.06. The van der Waals surface area contributed by atoms with Gasteiger partial charge in [-0.3, -0.25) is 4.79 Å². The van der Waals surface area contributed by atoms with Crippen LogP contribution in [0.25, 0.3) is 0 Å². The summed E-state index contributed by atoms with van der Waals surface area (Å²) in [6.07, 6.45) is 1.90. The van der Waals surface area contributed by atoms with Gasteiger partial charge in [-0.2, -0.15) is 0 Å². The SMILES string of the molecule is NS(=O)(=O)c1ccc(C(=O)NCC2CCCO2)o1. The van der Waals surface area contributed by atoms with Crippen LogP contribution in [-0.2, 0) is 14.8 Å². The van der Waals surface area contributed by atoms with Crippen molar-refractivity contribution in [2.75, 3.05) is 13.2 Å². The van der Waals surface area contributed by atoms with Crippen molar-refractivity contribution < 1.29 is 22.4 Å². The van der Waals surface area contributed by atoms with E-state index in [1.807, 2.05) is 0 Å². The molecule has 8 heteroatoms. The van der Waals surface area contributed by atoms with Crippen LogP contribution < -0.4 is 10.5 Å². The first-order valence-electron chi connectivity index (χ1n) is 5.49. The summed E-state index contributed by atoms with van der Waals surface area (Å²) >= 11 is 0. The summed E-state index contributed by atoms with van der Waals surface area (Å²) in [5.41, 5.74) is 0. The van der Waals surface area contributed by atoms with Gasteiger partial charge in [-0.05, 0) is 25.0 Å². The van der Waals surface area contributed by atoms with Crippen LogP contribution in [0.3, 0.4) is 0 Å². The molecule has 1 aromatic rings. The Hall–Kier alpha value is -1.38. The second kappa shape index (κ2) is 5.09. The lowest BCUT2D eigenvalue weighted by atomic mass is 10.2. The first kappa shape index (κ1) is 13.1. The highest BCUT2D eigenvalue weighted by Gasteiger charge is 2.20. The van der Waals surface area contributed by atoms with Crippen molar-refractivity contribution in [1.82, 2.24) is 5.32 Å². The van der Waals surface area contributed by atoms with Crippen LogP contribution in [0.1, 0.15) is 23.4 Å². The molecule has 1 fully saturated rings. The molecule has 1 unspecified atom stereocenters. The second-order valence-corrected chi connectivity index (χ2v) is 5.50. The Bertz CT molecular complexity index is 530. The number of carbonyl (C=O) groups excluding carboxylic acids is 1. The number of sulfonamides is 1. The topological polar surface area (TPSA) is 112 Å². The Morgan fingerprint density at radius 1 is 1.50 bits per heavy atom. The van der Waals surface area contributed by atoms with Crippen LogP contribution in [0.15, 0.2) is 21.6 Å². The molecule has 0 radical (unpaired) electrons. The molecule has 0 saturated carbocycles. The third kappa shape index (κ3) is 3.09. The molecule has 0 aliphatic carbocycles. The lowest BCUT2D eigenvalue weighted by Crippen LogP contribution is -2.31. The fourth-order valence-electron chi connectivity index (χ4n) is 1.69. The third-order valence-corrected chi connectivity index (χ3v) is 3.38. The molecule has 0 aromatic carbocycles. The zero-order valence-corrected chi connectivity index (χ0v) is 10.4. The number of amides is 1. The van der Waals surface area contributed by atoms with Gasteiger partial charge in [-0.25, -0.2) is 13.6 Å². The maximum absolute atomic E-state index is 11.6. The van der Waals surface area contributed by atoms with Crippen molar-refractivity contribution in [3.8, 4) is 0 Å². The molecule has 0 bridgehead atoms. The number of rotatable bonds is 4. The average molecular weight is 274 g/mol. The van der Waals surface area contributed by atoms with E-state index >= 15 is 0 Å². The molecule has 0 spiro atoms. The van der Waals surface area contributed by atoms with E-state index < -0.39 is 21.0 Å². The van der Waals surface area contributed by atoms with Gasteiger partial charge < -0.3 is 14.5 Å². The highest BCUT2D eigenvalue weighted by molar-refractivity contribution is 7.89. The van der Waals surface area contributed by atoms with Crippen molar-refractivity contribution in [1.29, 1.82) is 0 Å². The number of nitrogens with one attached hydrogen (secondary N) is 1. The molecule has 7 nitrogen and oxygen atoms in total. The number of hydrogen-bond acceptors (Lipinski definition) is 5. The predicted octanol–water partition coefficient (Wildman–Crippen LogP) is -0.164. The Balaban J connectivity index is 1.94. The number of hydrogen-bond donors (Lipinski definition) is 2. The lowest BCUT2D eigenvalue weighted by Gasteiger charge is -2.09. The predicted molar refractivity (Wildman–Crippen MR) is 61.4 cm³/mol. The van der Waals surface area contributed by atoms with Gasteiger partial charge in [0.25, 0.3) is 15.9 Å². The Kier molecular flexibility index (Phi) is 3.69. The monoisotopic (exact) mass is 274 g/mol. The van der Waals surface area contributed by atoms with E-state index in [9.17, 15) is 13.2 Å². The molecule has 1 aromatic heterocycles. The highest BCUT2D eigenvalue weighted by Crippen LogP contribution is 2.13. The van der Waals surface area contributed by atoms with Crippen LogP contribution in [0.5, 0.6) is 0 Å². The number of ether oxygens (including phenoxy) is 1. The molecular formula is C10H14N2O5S. The smallest absolute Gasteiger partial charge is 0.287 e. The van der Waals surface area contributed by atoms with Gasteiger partial charge in [0, 0.05) is 13.2 Å². The van der Waals surface area contributed by atoms with Gasteiger partial charge in [0.1, 0.15) is 0 Å². The largest absolute Gasteiger partial charge is 0.438 e. The second-order valence-electron chi connectivity index (χ2n) is 4.01. The normalized spacial score (nSPS) is 19.9. The van der Waals surface area contributed by atoms with Crippen LogP contribution in [0.2, 0.25) is 0 Å². The Labute approximate surface area is 104 Å². The number of furan rings is 1. The average Bonchev–Trinajstić information content (AvgIpc) is 2.96. The number of primary sulfonamides is 1. The molecule has 3 N–H and O–H groups in total. The third-order valence-electron chi connectivity index (χ3n) is 2.60. The molecule has 1 saturated heterocycles. The maximum atomic E-state index is 11.6. The van der Waals surface area contributed by atoms with E-state index in [0.29, 0.717) is 13.2 Å². The minimum Gasteiger partial charge on any atom is -0.438 e. The standard InChI is InChI=1S/C10H14N2O5S/c11-18(14,15)9-4-3-8(17-9)10(13)12-6-7-2-1-5-16-7/h3-4,7H,1-2,5-6H2,(H,12,13)(H2,11,14,15). The fourth-order valence-corrected chi connectivity index (χ4v) is 2.16. The molecule has 1 aliphatic heterocycles. The van der Waals surface area contributed by atoms with Crippen molar-refractivity contribution in [2.24, 2.45) is 5.14 Å². The van der Waals surface area contributed by atoms with E-state index in [2.05, 4.69) is 5.32 Å². The molecular weight excluding hydrogens is 260 g/mol. The zero-order chi connectivity index (χ0) is 13.2. The summed E-state index contributed by atoms with van der Waals surface area (Å²) in [7, 11) is -3.92. The van der Waals surface area contributed by atoms with Crippen LogP contribution >= 0.6 is 0 Å². The summed E-state index contributed by atoms with van der Waals surface area (Å²) in [4.78, 5) is 11.6. The van der Waals surface area contributed by atoms with Crippen LogP contribution in [-0.4, -0.2) is 33.6 Å². The summed E-state index contributed by atoms with van der Waals surface area (Å²) in [6, 6.07) is 2.42. The molecule has 1 atom stereocenters. The van der Waals surface area contributed by atoms with Gasteiger partial charge in [0.15, 0.2) is 5.76 Å². The minimum absolute atomic E-state index is 0.0154. The van der Waals surface area contributed by atoms with E-state index in [4.69, 9.17) is 14.3 Å². The zero-order valence-electron chi connectivity index (χ0n) is 9.59. The Morgan fingerprint density at radius 2 is 2.28 bits per heavy atom.